The number of rotatable bonds is 12. The van der Waals surface area contributed by atoms with Gasteiger partial charge < -0.3 is 24.8 Å². The minimum Gasteiger partial charge on any atom is -0.460 e. The van der Waals surface area contributed by atoms with Gasteiger partial charge in [0.15, 0.2) is 6.29 Å². The number of aliphatic hydroxyl groups is 1. The van der Waals surface area contributed by atoms with Crippen molar-refractivity contribution in [1.82, 2.24) is 4.90 Å². The summed E-state index contributed by atoms with van der Waals surface area (Å²) in [4.78, 5) is 29.4. The van der Waals surface area contributed by atoms with Crippen molar-refractivity contribution in [3.05, 3.63) is 67.0 Å². The maximum atomic E-state index is 13.4. The van der Waals surface area contributed by atoms with Gasteiger partial charge in [-0.25, -0.2) is 10.3 Å². The monoisotopic (exact) mass is 596 g/mol. The largest absolute Gasteiger partial charge is 0.460 e. The fraction of sp³-hybridized carbons (Fsp3) is 0.467. The molecule has 0 amide bonds. The first-order valence-corrected chi connectivity index (χ1v) is 15.6. The number of thiophene rings is 2. The highest BCUT2D eigenvalue weighted by atomic mass is 32.1. The topological polar surface area (TPSA) is 124 Å². The molecule has 9 nitrogen and oxygen atoms in total. The van der Waals surface area contributed by atoms with Crippen LogP contribution in [0.5, 0.6) is 0 Å². The van der Waals surface area contributed by atoms with E-state index in [-0.39, 0.29) is 6.10 Å². The van der Waals surface area contributed by atoms with Crippen LogP contribution in [0.15, 0.2) is 40.8 Å². The number of esters is 1. The molecule has 1 fully saturated rings. The summed E-state index contributed by atoms with van der Waals surface area (Å²) in [7, 11) is 2.13. The molecule has 41 heavy (non-hydrogen) atoms. The molecular weight excluding hydrogens is 560 g/mol. The van der Waals surface area contributed by atoms with E-state index in [0.29, 0.717) is 46.8 Å². The summed E-state index contributed by atoms with van der Waals surface area (Å²) in [6.07, 6.45) is 4.81. The van der Waals surface area contributed by atoms with E-state index in [1.54, 1.807) is 12.1 Å². The molecule has 2 aromatic heterocycles. The van der Waals surface area contributed by atoms with E-state index in [1.165, 1.54) is 22.7 Å². The van der Waals surface area contributed by atoms with Crippen molar-refractivity contribution in [1.29, 1.82) is 5.53 Å². The molecule has 1 aliphatic carbocycles. The summed E-state index contributed by atoms with van der Waals surface area (Å²) in [5, 5.41) is 20.5. The summed E-state index contributed by atoms with van der Waals surface area (Å²) in [5.74, 6) is -0.596. The van der Waals surface area contributed by atoms with Crippen molar-refractivity contribution in [2.75, 3.05) is 25.5 Å². The van der Waals surface area contributed by atoms with Crippen LogP contribution in [-0.2, 0) is 33.1 Å². The van der Waals surface area contributed by atoms with Crippen molar-refractivity contribution in [3.63, 3.8) is 0 Å². The fourth-order valence-corrected chi connectivity index (χ4v) is 7.61. The lowest BCUT2D eigenvalue weighted by Crippen LogP contribution is -2.42. The Hall–Kier alpha value is -2.96. The van der Waals surface area contributed by atoms with Gasteiger partial charge in [-0.2, -0.15) is 5.11 Å². The highest BCUT2D eigenvalue weighted by molar-refractivity contribution is 7.13. The Kier molecular flexibility index (Phi) is 9.30. The van der Waals surface area contributed by atoms with E-state index in [4.69, 9.17) is 15.0 Å². The molecule has 3 aromatic rings. The molecule has 0 spiro atoms. The highest BCUT2D eigenvalue weighted by Gasteiger charge is 2.45. The van der Waals surface area contributed by atoms with Crippen LogP contribution < -0.4 is 5.32 Å². The number of anilines is 1. The molecule has 3 heterocycles. The fourth-order valence-electron chi connectivity index (χ4n) is 5.76. The van der Waals surface area contributed by atoms with Crippen LogP contribution in [-0.4, -0.2) is 54.5 Å². The molecule has 0 bridgehead atoms. The molecule has 1 atom stereocenters. The smallest absolute Gasteiger partial charge is 0.349 e. The van der Waals surface area contributed by atoms with Gasteiger partial charge in [0, 0.05) is 28.6 Å². The van der Waals surface area contributed by atoms with E-state index in [0.717, 1.165) is 66.6 Å². The predicted molar refractivity (Wildman–Crippen MR) is 159 cm³/mol. The van der Waals surface area contributed by atoms with Crippen molar-refractivity contribution in [3.8, 4) is 0 Å². The highest BCUT2D eigenvalue weighted by Crippen LogP contribution is 2.40. The normalized spacial score (nSPS) is 19.9. The average molecular weight is 597 g/mol. The number of nitrogens with one attached hydrogen (secondary N) is 2. The van der Waals surface area contributed by atoms with Gasteiger partial charge >= 0.3 is 5.97 Å². The van der Waals surface area contributed by atoms with E-state index >= 15 is 0 Å². The van der Waals surface area contributed by atoms with Crippen LogP contribution in [0.25, 0.3) is 0 Å². The summed E-state index contributed by atoms with van der Waals surface area (Å²) in [6.45, 7) is 4.36. The second kappa shape index (κ2) is 12.9. The van der Waals surface area contributed by atoms with E-state index < -0.39 is 11.6 Å². The van der Waals surface area contributed by atoms with E-state index in [1.807, 2.05) is 30.5 Å². The van der Waals surface area contributed by atoms with Gasteiger partial charge in [0.25, 0.3) is 0 Å². The van der Waals surface area contributed by atoms with Crippen molar-refractivity contribution < 1.29 is 24.2 Å². The zero-order valence-corrected chi connectivity index (χ0v) is 25.0. The number of carbonyl (C=O) groups excluding carboxylic acids is 2. The molecule has 2 aliphatic rings. The average Bonchev–Trinajstić information content (AvgIpc) is 3.77. The van der Waals surface area contributed by atoms with Crippen LogP contribution in [0.1, 0.15) is 68.2 Å². The van der Waals surface area contributed by atoms with Gasteiger partial charge in [-0.15, -0.1) is 22.7 Å². The summed E-state index contributed by atoms with van der Waals surface area (Å²) < 4.78 is 11.5. The van der Waals surface area contributed by atoms with Crippen molar-refractivity contribution >= 4 is 46.3 Å². The zero-order chi connectivity index (χ0) is 29.0. The molecule has 11 heteroatoms. The second-order valence-corrected chi connectivity index (χ2v) is 13.0. The number of aldehydes is 1. The minimum atomic E-state index is -1.78. The second-order valence-electron chi connectivity index (χ2n) is 10.7. The SMILES string of the molecule is Cc1ccc([C@](O)(C(=O)O[C@H]2CC[C@H](N(C)CCCNc3c(N=N)cc(C=O)c4c3COC4)CC2)c2cccs2)s1. The first-order chi connectivity index (χ1) is 19.8. The molecule has 0 saturated heterocycles. The summed E-state index contributed by atoms with van der Waals surface area (Å²) in [6, 6.07) is 9.39. The Morgan fingerprint density at radius 3 is 2.68 bits per heavy atom. The first kappa shape index (κ1) is 29.5. The molecule has 1 saturated carbocycles. The van der Waals surface area contributed by atoms with Gasteiger partial charge in [0.2, 0.25) is 5.60 Å². The molecule has 218 valence electrons. The van der Waals surface area contributed by atoms with Crippen LogP contribution in [0.3, 0.4) is 0 Å². The minimum absolute atomic E-state index is 0.216. The number of nitrogens with zero attached hydrogens (tertiary/aromatic N) is 2. The molecule has 5 rings (SSSR count). The molecule has 3 N–H and O–H groups in total. The Morgan fingerprint density at radius 2 is 2.02 bits per heavy atom. The maximum Gasteiger partial charge on any atom is 0.349 e. The van der Waals surface area contributed by atoms with Gasteiger partial charge in [-0.05, 0) is 87.8 Å². The molecule has 1 aliphatic heterocycles. The number of carbonyl (C=O) groups is 2. The molecule has 1 aromatic carbocycles. The third-order valence-electron chi connectivity index (χ3n) is 8.10. The number of aryl methyl sites for hydroxylation is 1. The van der Waals surface area contributed by atoms with Gasteiger partial charge in [0.1, 0.15) is 11.8 Å². The number of ether oxygens (including phenoxy) is 2. The van der Waals surface area contributed by atoms with Crippen molar-refractivity contribution in [2.45, 2.75) is 70.0 Å². The van der Waals surface area contributed by atoms with Crippen LogP contribution in [0.4, 0.5) is 11.4 Å². The number of hydrogen-bond donors (Lipinski definition) is 3. The third-order valence-corrected chi connectivity index (χ3v) is 10.2. The molecule has 0 radical (unpaired) electrons. The Balaban J connectivity index is 1.11. The zero-order valence-electron chi connectivity index (χ0n) is 23.4. The lowest BCUT2D eigenvalue weighted by atomic mass is 9.91. The number of fused-ring (bicyclic) bond motifs is 1. The van der Waals surface area contributed by atoms with Gasteiger partial charge in [0.05, 0.1) is 28.7 Å². The standard InChI is InChI=1S/C30H36N4O5S2/c1-19-6-11-27(41-19)30(37,26-5-3-14-40-26)29(36)39-22-9-7-21(8-10-22)34(2)13-4-12-32-28-24-18-38-17-23(24)20(16-35)15-25(28)33-31/h3,5-6,11,14-16,21-22,31-32,37H,4,7-10,12-13,17-18H2,1-2H3/t21-,22-,30-/m0/s1. The van der Waals surface area contributed by atoms with Gasteiger partial charge in [-0.1, -0.05) is 6.07 Å². The quantitative estimate of drug-likeness (QED) is 0.0992. The molecular formula is C30H36N4O5S2. The third kappa shape index (κ3) is 6.14. The van der Waals surface area contributed by atoms with Crippen molar-refractivity contribution in [2.24, 2.45) is 5.11 Å². The first-order valence-electron chi connectivity index (χ1n) is 13.9. The predicted octanol–water partition coefficient (Wildman–Crippen LogP) is 6.15. The Morgan fingerprint density at radius 1 is 1.24 bits per heavy atom. The Labute approximate surface area is 248 Å². The van der Waals surface area contributed by atoms with Gasteiger partial charge in [-0.3, -0.25) is 4.79 Å². The molecule has 0 unspecified atom stereocenters. The van der Waals surface area contributed by atoms with Crippen LogP contribution in [0, 0.1) is 12.5 Å². The van der Waals surface area contributed by atoms with Crippen LogP contribution >= 0.6 is 22.7 Å². The lowest BCUT2D eigenvalue weighted by molar-refractivity contribution is -0.169. The Bertz CT molecular complexity index is 1380. The summed E-state index contributed by atoms with van der Waals surface area (Å²) in [5.41, 5.74) is 9.34. The number of benzene rings is 1. The van der Waals surface area contributed by atoms with E-state index in [9.17, 15) is 14.7 Å². The maximum absolute atomic E-state index is 13.4. The van der Waals surface area contributed by atoms with E-state index in [2.05, 4.69) is 22.4 Å². The number of hydrogen-bond acceptors (Lipinski definition) is 11. The van der Waals surface area contributed by atoms with Crippen LogP contribution in [0.2, 0.25) is 0 Å². The lowest BCUT2D eigenvalue weighted by Gasteiger charge is -2.35. The summed E-state index contributed by atoms with van der Waals surface area (Å²) >= 11 is 2.77.